The molecule has 132 valence electrons. The predicted molar refractivity (Wildman–Crippen MR) is 97.8 cm³/mol. The van der Waals surface area contributed by atoms with E-state index in [4.69, 9.17) is 5.26 Å². The standard InChI is InChI=1S/C21H21N3O2/c22-13-17-7-4-8-18(11-17)14-23-21(26)19-12-20(25)24(15-19)10-9-16-5-2-1-3-6-16/h1-8,11,19H,9-10,12,14-15H2,(H,23,26). The summed E-state index contributed by atoms with van der Waals surface area (Å²) < 4.78 is 0. The first-order valence-electron chi connectivity index (χ1n) is 8.74. The van der Waals surface area contributed by atoms with Gasteiger partial charge in [0.25, 0.3) is 0 Å². The molecule has 0 bridgehead atoms. The Morgan fingerprint density at radius 2 is 1.92 bits per heavy atom. The van der Waals surface area contributed by atoms with Gasteiger partial charge >= 0.3 is 0 Å². The molecule has 1 unspecified atom stereocenters. The van der Waals surface area contributed by atoms with Crippen molar-refractivity contribution in [1.82, 2.24) is 10.2 Å². The second kappa shape index (κ2) is 8.30. The highest BCUT2D eigenvalue weighted by molar-refractivity contribution is 5.89. The Morgan fingerprint density at radius 3 is 2.69 bits per heavy atom. The molecule has 1 saturated heterocycles. The SMILES string of the molecule is N#Cc1cccc(CNC(=O)C2CC(=O)N(CCc3ccccc3)C2)c1. The van der Waals surface area contributed by atoms with E-state index in [2.05, 4.69) is 11.4 Å². The van der Waals surface area contributed by atoms with E-state index in [1.807, 2.05) is 36.4 Å². The summed E-state index contributed by atoms with van der Waals surface area (Å²) in [7, 11) is 0. The second-order valence-electron chi connectivity index (χ2n) is 6.51. The van der Waals surface area contributed by atoms with E-state index in [1.54, 1.807) is 23.1 Å². The molecule has 1 heterocycles. The van der Waals surface area contributed by atoms with Crippen LogP contribution in [0.2, 0.25) is 0 Å². The van der Waals surface area contributed by atoms with Crippen LogP contribution in [0.25, 0.3) is 0 Å². The molecule has 0 aromatic heterocycles. The summed E-state index contributed by atoms with van der Waals surface area (Å²) >= 11 is 0. The Kier molecular flexibility index (Phi) is 5.65. The molecule has 1 atom stereocenters. The van der Waals surface area contributed by atoms with Crippen LogP contribution >= 0.6 is 0 Å². The minimum absolute atomic E-state index is 0.0348. The van der Waals surface area contributed by atoms with Gasteiger partial charge in [-0.3, -0.25) is 9.59 Å². The quantitative estimate of drug-likeness (QED) is 0.871. The Balaban J connectivity index is 1.49. The third kappa shape index (κ3) is 4.48. The van der Waals surface area contributed by atoms with Crippen molar-refractivity contribution >= 4 is 11.8 Å². The topological polar surface area (TPSA) is 73.2 Å². The average Bonchev–Trinajstić information content (AvgIpc) is 3.06. The lowest BCUT2D eigenvalue weighted by Crippen LogP contribution is -2.33. The number of rotatable bonds is 6. The largest absolute Gasteiger partial charge is 0.352 e. The van der Waals surface area contributed by atoms with E-state index in [1.165, 1.54) is 5.56 Å². The number of amides is 2. The van der Waals surface area contributed by atoms with Crippen molar-refractivity contribution in [3.05, 3.63) is 71.3 Å². The summed E-state index contributed by atoms with van der Waals surface area (Å²) in [6, 6.07) is 19.3. The van der Waals surface area contributed by atoms with Crippen molar-refractivity contribution in [3.8, 4) is 6.07 Å². The Hall–Kier alpha value is -3.13. The molecule has 2 amide bonds. The van der Waals surface area contributed by atoms with Crippen molar-refractivity contribution in [2.75, 3.05) is 13.1 Å². The number of carbonyl (C=O) groups is 2. The van der Waals surface area contributed by atoms with Crippen LogP contribution in [0.3, 0.4) is 0 Å². The van der Waals surface area contributed by atoms with E-state index < -0.39 is 0 Å². The van der Waals surface area contributed by atoms with Gasteiger partial charge in [0, 0.05) is 26.1 Å². The number of hydrogen-bond donors (Lipinski definition) is 1. The van der Waals surface area contributed by atoms with Gasteiger partial charge in [0.05, 0.1) is 17.6 Å². The minimum Gasteiger partial charge on any atom is -0.352 e. The fraction of sp³-hybridized carbons (Fsp3) is 0.286. The van der Waals surface area contributed by atoms with E-state index in [0.29, 0.717) is 25.2 Å². The van der Waals surface area contributed by atoms with Crippen LogP contribution in [-0.2, 0) is 22.6 Å². The zero-order valence-corrected chi connectivity index (χ0v) is 14.5. The van der Waals surface area contributed by atoms with Crippen molar-refractivity contribution in [2.45, 2.75) is 19.4 Å². The summed E-state index contributed by atoms with van der Waals surface area (Å²) in [6.45, 7) is 1.47. The molecule has 2 aromatic carbocycles. The number of nitrogens with zero attached hydrogens (tertiary/aromatic N) is 2. The molecule has 5 nitrogen and oxygen atoms in total. The van der Waals surface area contributed by atoms with E-state index in [-0.39, 0.29) is 24.2 Å². The van der Waals surface area contributed by atoms with Crippen LogP contribution in [0.5, 0.6) is 0 Å². The summed E-state index contributed by atoms with van der Waals surface area (Å²) in [5.41, 5.74) is 2.63. The number of nitrogens with one attached hydrogen (secondary N) is 1. The minimum atomic E-state index is -0.308. The molecule has 0 spiro atoms. The monoisotopic (exact) mass is 347 g/mol. The maximum absolute atomic E-state index is 12.4. The van der Waals surface area contributed by atoms with Crippen LogP contribution in [0.4, 0.5) is 0 Å². The predicted octanol–water partition coefficient (Wildman–Crippen LogP) is 2.27. The normalized spacial score (nSPS) is 16.3. The first-order chi connectivity index (χ1) is 12.7. The molecule has 1 fully saturated rings. The van der Waals surface area contributed by atoms with Crippen LogP contribution in [-0.4, -0.2) is 29.8 Å². The van der Waals surface area contributed by atoms with E-state index in [0.717, 1.165) is 12.0 Å². The lowest BCUT2D eigenvalue weighted by Gasteiger charge is -2.16. The lowest BCUT2D eigenvalue weighted by molar-refractivity contribution is -0.129. The van der Waals surface area contributed by atoms with Gasteiger partial charge in [-0.15, -0.1) is 0 Å². The molecular weight excluding hydrogens is 326 g/mol. The van der Waals surface area contributed by atoms with Gasteiger partial charge in [-0.25, -0.2) is 0 Å². The highest BCUT2D eigenvalue weighted by atomic mass is 16.2. The molecule has 1 aliphatic rings. The molecule has 0 radical (unpaired) electrons. The summed E-state index contributed by atoms with van der Waals surface area (Å²) in [6.07, 6.45) is 1.06. The molecular formula is C21H21N3O2. The molecule has 0 saturated carbocycles. The number of hydrogen-bond acceptors (Lipinski definition) is 3. The summed E-state index contributed by atoms with van der Waals surface area (Å²) in [5, 5.41) is 11.8. The van der Waals surface area contributed by atoms with Gasteiger partial charge in [-0.05, 0) is 29.7 Å². The summed E-state index contributed by atoms with van der Waals surface area (Å²) in [5.74, 6) is -0.382. The zero-order valence-electron chi connectivity index (χ0n) is 14.5. The summed E-state index contributed by atoms with van der Waals surface area (Å²) in [4.78, 5) is 26.3. The molecule has 0 aliphatic carbocycles. The Bertz CT molecular complexity index is 827. The van der Waals surface area contributed by atoms with Crippen LogP contribution in [0, 0.1) is 17.2 Å². The number of nitriles is 1. The van der Waals surface area contributed by atoms with Gasteiger partial charge in [0.15, 0.2) is 0 Å². The Morgan fingerprint density at radius 1 is 1.15 bits per heavy atom. The van der Waals surface area contributed by atoms with Crippen molar-refractivity contribution in [1.29, 1.82) is 5.26 Å². The van der Waals surface area contributed by atoms with Gasteiger partial charge in [-0.1, -0.05) is 42.5 Å². The maximum atomic E-state index is 12.4. The van der Waals surface area contributed by atoms with Gasteiger partial charge < -0.3 is 10.2 Å². The second-order valence-corrected chi connectivity index (χ2v) is 6.51. The van der Waals surface area contributed by atoms with E-state index in [9.17, 15) is 9.59 Å². The third-order valence-corrected chi connectivity index (χ3v) is 4.62. The molecule has 2 aromatic rings. The molecule has 3 rings (SSSR count). The van der Waals surface area contributed by atoms with E-state index >= 15 is 0 Å². The highest BCUT2D eigenvalue weighted by Gasteiger charge is 2.33. The Labute approximate surface area is 153 Å². The van der Waals surface area contributed by atoms with Crippen LogP contribution in [0.15, 0.2) is 54.6 Å². The van der Waals surface area contributed by atoms with Gasteiger partial charge in [0.2, 0.25) is 11.8 Å². The first-order valence-corrected chi connectivity index (χ1v) is 8.74. The van der Waals surface area contributed by atoms with Gasteiger partial charge in [0.1, 0.15) is 0 Å². The smallest absolute Gasteiger partial charge is 0.225 e. The average molecular weight is 347 g/mol. The fourth-order valence-electron chi connectivity index (χ4n) is 3.16. The van der Waals surface area contributed by atoms with Crippen molar-refractivity contribution < 1.29 is 9.59 Å². The molecule has 26 heavy (non-hydrogen) atoms. The van der Waals surface area contributed by atoms with Crippen molar-refractivity contribution in [2.24, 2.45) is 5.92 Å². The molecule has 5 heteroatoms. The fourth-order valence-corrected chi connectivity index (χ4v) is 3.16. The van der Waals surface area contributed by atoms with Gasteiger partial charge in [-0.2, -0.15) is 5.26 Å². The number of carbonyl (C=O) groups excluding carboxylic acids is 2. The number of benzene rings is 2. The zero-order chi connectivity index (χ0) is 18.4. The third-order valence-electron chi connectivity index (χ3n) is 4.62. The van der Waals surface area contributed by atoms with Crippen LogP contribution < -0.4 is 5.32 Å². The van der Waals surface area contributed by atoms with Crippen LogP contribution in [0.1, 0.15) is 23.1 Å². The maximum Gasteiger partial charge on any atom is 0.225 e. The first kappa shape index (κ1) is 17.7. The molecule has 1 aliphatic heterocycles. The molecule has 1 N–H and O–H groups in total. The van der Waals surface area contributed by atoms with Crippen molar-refractivity contribution in [3.63, 3.8) is 0 Å². The number of likely N-dealkylation sites (tertiary alicyclic amines) is 1. The highest BCUT2D eigenvalue weighted by Crippen LogP contribution is 2.19. The lowest BCUT2D eigenvalue weighted by atomic mass is 10.1.